The van der Waals surface area contributed by atoms with Crippen molar-refractivity contribution < 1.29 is 0 Å². The molecule has 0 aliphatic rings. The van der Waals surface area contributed by atoms with E-state index in [0.29, 0.717) is 0 Å². The van der Waals surface area contributed by atoms with Crippen LogP contribution in [0.1, 0.15) is 23.7 Å². The minimum absolute atomic E-state index is 0.739. The Hall–Kier alpha value is -2.08. The molecule has 0 fully saturated rings. The SMILES string of the molecule is CCNc1c(S)ccc(Cn2cnc3ncnc(C)c32)c1C. The van der Waals surface area contributed by atoms with Gasteiger partial charge in [-0.15, -0.1) is 12.6 Å². The third kappa shape index (κ3) is 2.54. The first-order chi connectivity index (χ1) is 10.6. The number of imidazole rings is 1. The number of thiol groups is 1. The number of nitrogens with zero attached hydrogens (tertiary/aromatic N) is 4. The van der Waals surface area contributed by atoms with Crippen LogP contribution >= 0.6 is 12.6 Å². The third-order valence-corrected chi connectivity index (χ3v) is 4.21. The van der Waals surface area contributed by atoms with Crippen molar-refractivity contribution in [1.82, 2.24) is 19.5 Å². The number of aromatic nitrogens is 4. The second-order valence-electron chi connectivity index (χ2n) is 5.28. The predicted octanol–water partition coefficient (Wildman–Crippen LogP) is 3.21. The van der Waals surface area contributed by atoms with E-state index < -0.39 is 0 Å². The largest absolute Gasteiger partial charge is 0.384 e. The summed E-state index contributed by atoms with van der Waals surface area (Å²) in [4.78, 5) is 13.8. The first-order valence-electron chi connectivity index (χ1n) is 7.29. The van der Waals surface area contributed by atoms with Crippen LogP contribution in [0.5, 0.6) is 0 Å². The normalized spacial score (nSPS) is 11.1. The van der Waals surface area contributed by atoms with E-state index in [4.69, 9.17) is 0 Å². The van der Waals surface area contributed by atoms with Crippen LogP contribution in [-0.4, -0.2) is 26.1 Å². The summed E-state index contributed by atoms with van der Waals surface area (Å²) in [6.07, 6.45) is 3.38. The molecule has 2 heterocycles. The number of anilines is 1. The Morgan fingerprint density at radius 3 is 2.77 bits per heavy atom. The van der Waals surface area contributed by atoms with Gasteiger partial charge >= 0.3 is 0 Å². The molecular formula is C16H19N5S. The fourth-order valence-corrected chi connectivity index (χ4v) is 3.00. The standard InChI is InChI=1S/C16H19N5S/c1-4-17-14-10(2)12(5-6-13(14)22)7-21-9-20-16-15(21)11(3)18-8-19-16/h5-6,8-9,17,22H,4,7H2,1-3H3. The molecule has 114 valence electrons. The van der Waals surface area contributed by atoms with Crippen LogP contribution in [0.15, 0.2) is 29.7 Å². The van der Waals surface area contributed by atoms with E-state index in [-0.39, 0.29) is 0 Å². The van der Waals surface area contributed by atoms with Gasteiger partial charge in [0.1, 0.15) is 11.8 Å². The van der Waals surface area contributed by atoms with Gasteiger partial charge in [0, 0.05) is 18.0 Å². The van der Waals surface area contributed by atoms with Gasteiger partial charge in [0.25, 0.3) is 0 Å². The van der Waals surface area contributed by atoms with Gasteiger partial charge < -0.3 is 9.88 Å². The van der Waals surface area contributed by atoms with E-state index in [2.05, 4.69) is 57.4 Å². The lowest BCUT2D eigenvalue weighted by molar-refractivity contribution is 0.812. The number of hydrogen-bond donors (Lipinski definition) is 2. The Morgan fingerprint density at radius 1 is 1.18 bits per heavy atom. The lowest BCUT2D eigenvalue weighted by atomic mass is 10.1. The van der Waals surface area contributed by atoms with Gasteiger partial charge in [-0.1, -0.05) is 6.07 Å². The van der Waals surface area contributed by atoms with Gasteiger partial charge in [-0.2, -0.15) is 0 Å². The van der Waals surface area contributed by atoms with Gasteiger partial charge in [0.15, 0.2) is 5.65 Å². The molecule has 0 amide bonds. The van der Waals surface area contributed by atoms with E-state index in [1.54, 1.807) is 6.33 Å². The Morgan fingerprint density at radius 2 is 2.00 bits per heavy atom. The van der Waals surface area contributed by atoms with E-state index in [1.165, 1.54) is 11.1 Å². The van der Waals surface area contributed by atoms with Crippen molar-refractivity contribution in [2.45, 2.75) is 32.2 Å². The van der Waals surface area contributed by atoms with Gasteiger partial charge in [0.05, 0.1) is 17.7 Å². The fourth-order valence-electron chi connectivity index (χ4n) is 2.68. The van der Waals surface area contributed by atoms with Gasteiger partial charge in [-0.25, -0.2) is 15.0 Å². The molecular weight excluding hydrogens is 294 g/mol. The smallest absolute Gasteiger partial charge is 0.181 e. The van der Waals surface area contributed by atoms with Crippen LogP contribution < -0.4 is 5.32 Å². The van der Waals surface area contributed by atoms with Crippen LogP contribution in [0.25, 0.3) is 11.2 Å². The zero-order valence-electron chi connectivity index (χ0n) is 13.0. The van der Waals surface area contributed by atoms with Crippen molar-refractivity contribution in [1.29, 1.82) is 0 Å². The Labute approximate surface area is 135 Å². The lowest BCUT2D eigenvalue weighted by Gasteiger charge is -2.15. The summed E-state index contributed by atoms with van der Waals surface area (Å²) in [6, 6.07) is 4.15. The summed E-state index contributed by atoms with van der Waals surface area (Å²) >= 11 is 4.54. The van der Waals surface area contributed by atoms with E-state index >= 15 is 0 Å². The number of nitrogens with one attached hydrogen (secondary N) is 1. The molecule has 1 aromatic carbocycles. The third-order valence-electron chi connectivity index (χ3n) is 3.84. The molecule has 3 rings (SSSR count). The summed E-state index contributed by atoms with van der Waals surface area (Å²) in [5.41, 5.74) is 6.21. The maximum absolute atomic E-state index is 4.54. The highest BCUT2D eigenvalue weighted by Crippen LogP contribution is 2.28. The number of rotatable bonds is 4. The molecule has 0 atom stereocenters. The summed E-state index contributed by atoms with van der Waals surface area (Å²) in [5.74, 6) is 0. The maximum Gasteiger partial charge on any atom is 0.181 e. The Bertz CT molecular complexity index is 825. The molecule has 0 saturated heterocycles. The zero-order valence-corrected chi connectivity index (χ0v) is 13.9. The van der Waals surface area contributed by atoms with Crippen LogP contribution in [0, 0.1) is 13.8 Å². The van der Waals surface area contributed by atoms with Gasteiger partial charge in [-0.05, 0) is 38.0 Å². The number of benzene rings is 1. The van der Waals surface area contributed by atoms with Crippen LogP contribution in [0.4, 0.5) is 5.69 Å². The summed E-state index contributed by atoms with van der Waals surface area (Å²) in [6.45, 7) is 7.80. The van der Waals surface area contributed by atoms with Crippen molar-refractivity contribution in [3.63, 3.8) is 0 Å². The number of hydrogen-bond acceptors (Lipinski definition) is 5. The van der Waals surface area contributed by atoms with Crippen molar-refractivity contribution in [2.24, 2.45) is 0 Å². The number of fused-ring (bicyclic) bond motifs is 1. The lowest BCUT2D eigenvalue weighted by Crippen LogP contribution is -2.06. The molecule has 22 heavy (non-hydrogen) atoms. The highest BCUT2D eigenvalue weighted by Gasteiger charge is 2.11. The van der Waals surface area contributed by atoms with E-state index in [1.807, 2.05) is 19.3 Å². The molecule has 0 aliphatic carbocycles. The molecule has 0 saturated carbocycles. The minimum atomic E-state index is 0.739. The molecule has 0 bridgehead atoms. The van der Waals surface area contributed by atoms with Crippen LogP contribution in [0.3, 0.4) is 0 Å². The second-order valence-corrected chi connectivity index (χ2v) is 5.76. The summed E-state index contributed by atoms with van der Waals surface area (Å²) < 4.78 is 2.10. The Kier molecular flexibility index (Phi) is 4.02. The zero-order chi connectivity index (χ0) is 15.7. The first-order valence-corrected chi connectivity index (χ1v) is 7.74. The molecule has 1 N–H and O–H groups in total. The monoisotopic (exact) mass is 313 g/mol. The average Bonchev–Trinajstić information content (AvgIpc) is 2.91. The van der Waals surface area contributed by atoms with Crippen molar-refractivity contribution in [3.8, 4) is 0 Å². The molecule has 0 radical (unpaired) electrons. The molecule has 0 aliphatic heterocycles. The predicted molar refractivity (Wildman–Crippen MR) is 91.8 cm³/mol. The van der Waals surface area contributed by atoms with E-state index in [9.17, 15) is 0 Å². The minimum Gasteiger partial charge on any atom is -0.384 e. The number of aryl methyl sites for hydroxylation is 1. The molecule has 5 nitrogen and oxygen atoms in total. The summed E-state index contributed by atoms with van der Waals surface area (Å²) in [7, 11) is 0. The topological polar surface area (TPSA) is 55.6 Å². The molecule has 0 unspecified atom stereocenters. The highest BCUT2D eigenvalue weighted by atomic mass is 32.1. The molecule has 6 heteroatoms. The molecule has 3 aromatic rings. The maximum atomic E-state index is 4.54. The first kappa shape index (κ1) is 14.8. The molecule has 0 spiro atoms. The van der Waals surface area contributed by atoms with E-state index in [0.717, 1.165) is 40.5 Å². The van der Waals surface area contributed by atoms with Crippen molar-refractivity contribution in [3.05, 3.63) is 41.6 Å². The average molecular weight is 313 g/mol. The second kappa shape index (κ2) is 5.96. The van der Waals surface area contributed by atoms with Crippen LogP contribution in [-0.2, 0) is 6.54 Å². The highest BCUT2D eigenvalue weighted by molar-refractivity contribution is 7.80. The molecule has 2 aromatic heterocycles. The van der Waals surface area contributed by atoms with Gasteiger partial charge in [-0.3, -0.25) is 0 Å². The van der Waals surface area contributed by atoms with Crippen molar-refractivity contribution >= 4 is 29.5 Å². The van der Waals surface area contributed by atoms with Crippen LogP contribution in [0.2, 0.25) is 0 Å². The van der Waals surface area contributed by atoms with Crippen molar-refractivity contribution in [2.75, 3.05) is 11.9 Å². The quantitative estimate of drug-likeness (QED) is 0.726. The summed E-state index contributed by atoms with van der Waals surface area (Å²) in [5, 5.41) is 3.39. The fraction of sp³-hybridized carbons (Fsp3) is 0.312. The Balaban J connectivity index is 2.04. The van der Waals surface area contributed by atoms with Gasteiger partial charge in [0.2, 0.25) is 0 Å².